The highest BCUT2D eigenvalue weighted by atomic mass is 16.1. The van der Waals surface area contributed by atoms with Gasteiger partial charge in [-0.2, -0.15) is 5.10 Å². The van der Waals surface area contributed by atoms with Gasteiger partial charge >= 0.3 is 0 Å². The zero-order valence-electron chi connectivity index (χ0n) is 10.2. The highest BCUT2D eigenvalue weighted by Gasteiger charge is 2.14. The molecule has 2 heterocycles. The highest BCUT2D eigenvalue weighted by Crippen LogP contribution is 2.08. The number of carbonyl (C=O) groups is 1. The number of aryl methyl sites for hydroxylation is 1. The van der Waals surface area contributed by atoms with Crippen molar-refractivity contribution in [2.75, 3.05) is 20.6 Å². The van der Waals surface area contributed by atoms with Gasteiger partial charge in [-0.3, -0.25) is 4.79 Å². The number of carbonyl (C=O) groups excluding carboxylic acids is 1. The smallest absolute Gasteiger partial charge is 0.186 e. The van der Waals surface area contributed by atoms with Crippen LogP contribution in [0.25, 0.3) is 5.65 Å². The molecule has 0 N–H and O–H groups in total. The van der Waals surface area contributed by atoms with Crippen LogP contribution >= 0.6 is 0 Å². The van der Waals surface area contributed by atoms with Crippen molar-refractivity contribution >= 4 is 11.4 Å². The first-order valence-corrected chi connectivity index (χ1v) is 5.44. The van der Waals surface area contributed by atoms with Gasteiger partial charge in [-0.05, 0) is 21.0 Å². The van der Waals surface area contributed by atoms with Gasteiger partial charge in [0.05, 0.1) is 11.9 Å². The predicted molar refractivity (Wildman–Crippen MR) is 63.0 cm³/mol. The normalized spacial score (nSPS) is 11.3. The summed E-state index contributed by atoms with van der Waals surface area (Å²) >= 11 is 0. The Bertz CT molecular complexity index is 546. The molecule has 0 bridgehead atoms. The fraction of sp³-hybridized carbons (Fsp3) is 0.455. The Labute approximate surface area is 99.3 Å². The summed E-state index contributed by atoms with van der Waals surface area (Å²) in [5.41, 5.74) is 1.80. The molecule has 0 saturated heterocycles. The van der Waals surface area contributed by atoms with Gasteiger partial charge in [0, 0.05) is 19.0 Å². The molecule has 0 spiro atoms. The first kappa shape index (κ1) is 11.7. The first-order chi connectivity index (χ1) is 8.09. The van der Waals surface area contributed by atoms with Crippen molar-refractivity contribution in [2.45, 2.75) is 13.3 Å². The van der Waals surface area contributed by atoms with Crippen LogP contribution in [-0.2, 0) is 0 Å². The van der Waals surface area contributed by atoms with E-state index in [4.69, 9.17) is 0 Å². The van der Waals surface area contributed by atoms with Gasteiger partial charge in [-0.15, -0.1) is 10.2 Å². The number of aromatic nitrogens is 4. The van der Waals surface area contributed by atoms with E-state index in [1.807, 2.05) is 25.9 Å². The fourth-order valence-electron chi connectivity index (χ4n) is 1.61. The van der Waals surface area contributed by atoms with Crippen LogP contribution in [0.15, 0.2) is 12.3 Å². The quantitative estimate of drug-likeness (QED) is 0.722. The van der Waals surface area contributed by atoms with E-state index in [2.05, 4.69) is 15.3 Å². The summed E-state index contributed by atoms with van der Waals surface area (Å²) in [5.74, 6) is 0.00102. The van der Waals surface area contributed by atoms with Crippen LogP contribution in [-0.4, -0.2) is 51.1 Å². The second-order valence-electron chi connectivity index (χ2n) is 4.21. The van der Waals surface area contributed by atoms with E-state index < -0.39 is 0 Å². The summed E-state index contributed by atoms with van der Waals surface area (Å²) in [4.78, 5) is 13.9. The molecule has 0 aliphatic rings. The molecule has 0 saturated carbocycles. The second-order valence-corrected chi connectivity index (χ2v) is 4.21. The molecule has 17 heavy (non-hydrogen) atoms. The molecule has 0 radical (unpaired) electrons. The highest BCUT2D eigenvalue weighted by molar-refractivity contribution is 5.95. The third-order valence-electron chi connectivity index (χ3n) is 2.59. The molecular formula is C11H15N5O. The van der Waals surface area contributed by atoms with E-state index in [-0.39, 0.29) is 5.78 Å². The predicted octanol–water partition coefficient (Wildman–Crippen LogP) is 0.567. The second kappa shape index (κ2) is 4.58. The summed E-state index contributed by atoms with van der Waals surface area (Å²) in [6.45, 7) is 2.54. The average Bonchev–Trinajstić information content (AvgIpc) is 2.75. The molecule has 0 unspecified atom stereocenters. The summed E-state index contributed by atoms with van der Waals surface area (Å²) in [6, 6.07) is 1.76. The van der Waals surface area contributed by atoms with Gasteiger partial charge in [-0.1, -0.05) is 0 Å². The van der Waals surface area contributed by atoms with Crippen LogP contribution in [0.5, 0.6) is 0 Å². The number of rotatable bonds is 4. The lowest BCUT2D eigenvalue weighted by Crippen LogP contribution is -2.19. The largest absolute Gasteiger partial charge is 0.309 e. The third-order valence-corrected chi connectivity index (χ3v) is 2.59. The van der Waals surface area contributed by atoms with E-state index in [0.717, 1.165) is 5.69 Å². The molecule has 6 nitrogen and oxygen atoms in total. The number of Topliss-reactive ketones (excluding diaryl/α,β-unsaturated/α-hetero) is 1. The number of hydrogen-bond acceptors (Lipinski definition) is 5. The summed E-state index contributed by atoms with van der Waals surface area (Å²) in [7, 11) is 3.87. The van der Waals surface area contributed by atoms with Crippen molar-refractivity contribution in [3.8, 4) is 0 Å². The van der Waals surface area contributed by atoms with Gasteiger partial charge in [0.25, 0.3) is 0 Å². The van der Waals surface area contributed by atoms with E-state index in [9.17, 15) is 4.79 Å². The zero-order valence-corrected chi connectivity index (χ0v) is 10.2. The van der Waals surface area contributed by atoms with E-state index in [0.29, 0.717) is 24.3 Å². The van der Waals surface area contributed by atoms with Gasteiger partial charge < -0.3 is 4.90 Å². The molecule has 0 fully saturated rings. The monoisotopic (exact) mass is 233 g/mol. The molecule has 2 aromatic heterocycles. The summed E-state index contributed by atoms with van der Waals surface area (Å²) in [6.07, 6.45) is 2.08. The summed E-state index contributed by atoms with van der Waals surface area (Å²) in [5, 5.41) is 12.1. The molecule has 0 aliphatic heterocycles. The Morgan fingerprint density at radius 1 is 1.41 bits per heavy atom. The molecular weight excluding hydrogens is 218 g/mol. The van der Waals surface area contributed by atoms with Gasteiger partial charge in [-0.25, -0.2) is 4.52 Å². The topological polar surface area (TPSA) is 63.4 Å². The third kappa shape index (κ3) is 2.31. The molecule has 0 atom stereocenters. The lowest BCUT2D eigenvalue weighted by molar-refractivity contribution is 0.0965. The SMILES string of the molecule is Cc1c(C(=O)CCN(C)C)nnc2ccnn12. The molecule has 90 valence electrons. The van der Waals surface area contributed by atoms with Crippen LogP contribution < -0.4 is 0 Å². The Kier molecular flexibility index (Phi) is 3.14. The van der Waals surface area contributed by atoms with Crippen LogP contribution in [0.4, 0.5) is 0 Å². The Balaban J connectivity index is 2.29. The van der Waals surface area contributed by atoms with Crippen LogP contribution in [0.2, 0.25) is 0 Å². The lowest BCUT2D eigenvalue weighted by atomic mass is 10.2. The van der Waals surface area contributed by atoms with E-state index in [1.54, 1.807) is 16.8 Å². The molecule has 0 aliphatic carbocycles. The van der Waals surface area contributed by atoms with Gasteiger partial charge in [0.1, 0.15) is 5.69 Å². The number of ketones is 1. The van der Waals surface area contributed by atoms with E-state index in [1.165, 1.54) is 0 Å². The average molecular weight is 233 g/mol. The molecule has 2 aromatic rings. The van der Waals surface area contributed by atoms with Gasteiger partial charge in [0.15, 0.2) is 11.4 Å². The number of nitrogens with zero attached hydrogens (tertiary/aromatic N) is 5. The van der Waals surface area contributed by atoms with Crippen molar-refractivity contribution in [3.05, 3.63) is 23.7 Å². The molecule has 0 aromatic carbocycles. The minimum atomic E-state index is 0.00102. The fourth-order valence-corrected chi connectivity index (χ4v) is 1.61. The number of hydrogen-bond donors (Lipinski definition) is 0. The van der Waals surface area contributed by atoms with Crippen molar-refractivity contribution in [1.29, 1.82) is 0 Å². The lowest BCUT2D eigenvalue weighted by Gasteiger charge is -2.09. The maximum absolute atomic E-state index is 12.0. The molecule has 6 heteroatoms. The number of fused-ring (bicyclic) bond motifs is 1. The maximum atomic E-state index is 12.0. The van der Waals surface area contributed by atoms with E-state index >= 15 is 0 Å². The van der Waals surface area contributed by atoms with Crippen molar-refractivity contribution in [2.24, 2.45) is 0 Å². The minimum absolute atomic E-state index is 0.00102. The van der Waals surface area contributed by atoms with Crippen molar-refractivity contribution in [3.63, 3.8) is 0 Å². The molecule has 2 rings (SSSR count). The minimum Gasteiger partial charge on any atom is -0.309 e. The Morgan fingerprint density at radius 2 is 2.18 bits per heavy atom. The standard InChI is InChI=1S/C11H15N5O/c1-8-11(9(17)5-7-15(2)3)14-13-10-4-6-12-16(8)10/h4,6H,5,7H2,1-3H3. The Hall–Kier alpha value is -1.82. The van der Waals surface area contributed by atoms with Gasteiger partial charge in [0.2, 0.25) is 0 Å². The van der Waals surface area contributed by atoms with Crippen LogP contribution in [0.3, 0.4) is 0 Å². The summed E-state index contributed by atoms with van der Waals surface area (Å²) < 4.78 is 1.63. The van der Waals surface area contributed by atoms with Crippen LogP contribution in [0, 0.1) is 6.92 Å². The molecule has 0 amide bonds. The van der Waals surface area contributed by atoms with Crippen molar-refractivity contribution < 1.29 is 4.79 Å². The zero-order chi connectivity index (χ0) is 12.4. The van der Waals surface area contributed by atoms with Crippen LogP contribution in [0.1, 0.15) is 22.6 Å². The first-order valence-electron chi connectivity index (χ1n) is 5.44. The van der Waals surface area contributed by atoms with Crippen molar-refractivity contribution in [1.82, 2.24) is 24.7 Å². The Morgan fingerprint density at radius 3 is 2.88 bits per heavy atom. The maximum Gasteiger partial charge on any atom is 0.186 e.